The molecule has 0 saturated carbocycles. The Labute approximate surface area is 156 Å². The molecule has 0 spiro atoms. The zero-order valence-corrected chi connectivity index (χ0v) is 14.8. The lowest BCUT2D eigenvalue weighted by molar-refractivity contribution is -0.117. The first-order valence-corrected chi connectivity index (χ1v) is 8.78. The van der Waals surface area contributed by atoms with Crippen LogP contribution in [-0.4, -0.2) is 43.5 Å². The standard InChI is InChI=1S/C20H20F2N4O/c21-16-6-7-18(17(22)12-16)24-20(27)14-25-8-3-9-26(11-10-25)19-5-2-1-4-15(19)13-23/h1-2,4-7,12H,3,8-11,14H2,(H,24,27). The first-order valence-electron chi connectivity index (χ1n) is 8.78. The van der Waals surface area contributed by atoms with Gasteiger partial charge in [-0.05, 0) is 30.7 Å². The molecule has 140 valence electrons. The number of rotatable bonds is 4. The number of para-hydroxylation sites is 1. The quantitative estimate of drug-likeness (QED) is 0.899. The van der Waals surface area contributed by atoms with E-state index in [0.717, 1.165) is 37.3 Å². The highest BCUT2D eigenvalue weighted by atomic mass is 19.1. The third kappa shape index (κ3) is 4.80. The van der Waals surface area contributed by atoms with Crippen molar-refractivity contribution in [3.8, 4) is 6.07 Å². The summed E-state index contributed by atoms with van der Waals surface area (Å²) in [7, 11) is 0. The molecular formula is C20H20F2N4O. The molecule has 0 aliphatic carbocycles. The van der Waals surface area contributed by atoms with E-state index in [1.54, 1.807) is 6.07 Å². The zero-order valence-electron chi connectivity index (χ0n) is 14.8. The second-order valence-electron chi connectivity index (χ2n) is 6.42. The highest BCUT2D eigenvalue weighted by Gasteiger charge is 2.19. The van der Waals surface area contributed by atoms with Crippen LogP contribution in [-0.2, 0) is 4.79 Å². The van der Waals surface area contributed by atoms with Crippen molar-refractivity contribution in [1.29, 1.82) is 5.26 Å². The van der Waals surface area contributed by atoms with Crippen molar-refractivity contribution in [1.82, 2.24) is 4.90 Å². The first kappa shape index (κ1) is 18.8. The van der Waals surface area contributed by atoms with Gasteiger partial charge in [-0.15, -0.1) is 0 Å². The molecule has 1 heterocycles. The molecule has 1 amide bonds. The predicted molar refractivity (Wildman–Crippen MR) is 99.4 cm³/mol. The Morgan fingerprint density at radius 2 is 1.93 bits per heavy atom. The first-order chi connectivity index (χ1) is 13.1. The average Bonchev–Trinajstić information content (AvgIpc) is 2.89. The molecule has 0 unspecified atom stereocenters. The normalized spacial score (nSPS) is 15.1. The number of anilines is 2. The molecule has 5 nitrogen and oxygen atoms in total. The highest BCUT2D eigenvalue weighted by Crippen LogP contribution is 2.21. The maximum absolute atomic E-state index is 13.7. The molecule has 0 atom stereocenters. The number of hydrogen-bond acceptors (Lipinski definition) is 4. The molecule has 0 radical (unpaired) electrons. The number of nitrogens with zero attached hydrogens (tertiary/aromatic N) is 3. The van der Waals surface area contributed by atoms with Gasteiger partial charge in [0.25, 0.3) is 0 Å². The summed E-state index contributed by atoms with van der Waals surface area (Å²) < 4.78 is 26.6. The monoisotopic (exact) mass is 370 g/mol. The fraction of sp³-hybridized carbons (Fsp3) is 0.300. The van der Waals surface area contributed by atoms with Gasteiger partial charge in [0.15, 0.2) is 0 Å². The topological polar surface area (TPSA) is 59.4 Å². The SMILES string of the molecule is N#Cc1ccccc1N1CCCN(CC(=O)Nc2ccc(F)cc2F)CC1. The minimum Gasteiger partial charge on any atom is -0.369 e. The van der Waals surface area contributed by atoms with E-state index in [-0.39, 0.29) is 18.1 Å². The van der Waals surface area contributed by atoms with E-state index in [4.69, 9.17) is 0 Å². The number of carbonyl (C=O) groups excluding carboxylic acids is 1. The van der Waals surface area contributed by atoms with Crippen LogP contribution in [0.4, 0.5) is 20.2 Å². The van der Waals surface area contributed by atoms with E-state index >= 15 is 0 Å². The Hall–Kier alpha value is -2.98. The number of benzene rings is 2. The van der Waals surface area contributed by atoms with Crippen LogP contribution in [0.2, 0.25) is 0 Å². The lowest BCUT2D eigenvalue weighted by atomic mass is 10.1. The molecule has 2 aromatic rings. The molecule has 2 aromatic carbocycles. The Bertz CT molecular complexity index is 865. The zero-order chi connectivity index (χ0) is 19.2. The third-order valence-electron chi connectivity index (χ3n) is 4.53. The maximum atomic E-state index is 13.7. The molecule has 27 heavy (non-hydrogen) atoms. The van der Waals surface area contributed by atoms with Crippen molar-refractivity contribution in [3.05, 3.63) is 59.7 Å². The van der Waals surface area contributed by atoms with Gasteiger partial charge < -0.3 is 10.2 Å². The van der Waals surface area contributed by atoms with E-state index in [1.165, 1.54) is 6.07 Å². The van der Waals surface area contributed by atoms with Crippen molar-refractivity contribution in [2.24, 2.45) is 0 Å². The number of halogens is 2. The van der Waals surface area contributed by atoms with Gasteiger partial charge in [0.05, 0.1) is 23.5 Å². The van der Waals surface area contributed by atoms with Crippen molar-refractivity contribution in [3.63, 3.8) is 0 Å². The van der Waals surface area contributed by atoms with Gasteiger partial charge in [-0.2, -0.15) is 5.26 Å². The summed E-state index contributed by atoms with van der Waals surface area (Å²) in [5.74, 6) is -1.82. The summed E-state index contributed by atoms with van der Waals surface area (Å²) in [5, 5.41) is 11.8. The molecular weight excluding hydrogens is 350 g/mol. The van der Waals surface area contributed by atoms with Gasteiger partial charge in [0.1, 0.15) is 17.7 Å². The largest absolute Gasteiger partial charge is 0.369 e. The maximum Gasteiger partial charge on any atom is 0.238 e. The Morgan fingerprint density at radius 3 is 2.70 bits per heavy atom. The van der Waals surface area contributed by atoms with E-state index in [9.17, 15) is 18.8 Å². The number of nitrogens with one attached hydrogen (secondary N) is 1. The summed E-state index contributed by atoms with van der Waals surface area (Å²) in [6.07, 6.45) is 0.845. The molecule has 0 bridgehead atoms. The molecule has 0 aromatic heterocycles. The molecule has 1 aliphatic heterocycles. The van der Waals surface area contributed by atoms with Gasteiger partial charge in [0.2, 0.25) is 5.91 Å². The molecule has 1 N–H and O–H groups in total. The predicted octanol–water partition coefficient (Wildman–Crippen LogP) is 2.99. The van der Waals surface area contributed by atoms with Crippen molar-refractivity contribution in [2.45, 2.75) is 6.42 Å². The van der Waals surface area contributed by atoms with Gasteiger partial charge >= 0.3 is 0 Å². The van der Waals surface area contributed by atoms with E-state index in [2.05, 4.69) is 16.3 Å². The minimum absolute atomic E-state index is 0.0270. The fourth-order valence-corrected chi connectivity index (χ4v) is 3.20. The van der Waals surface area contributed by atoms with Crippen LogP contribution >= 0.6 is 0 Å². The van der Waals surface area contributed by atoms with Crippen LogP contribution in [0.5, 0.6) is 0 Å². The van der Waals surface area contributed by atoms with Gasteiger partial charge in [0, 0.05) is 32.2 Å². The number of hydrogen-bond donors (Lipinski definition) is 1. The number of nitriles is 1. The molecule has 1 saturated heterocycles. The lowest BCUT2D eigenvalue weighted by Gasteiger charge is -2.24. The smallest absolute Gasteiger partial charge is 0.238 e. The minimum atomic E-state index is -0.793. The summed E-state index contributed by atoms with van der Waals surface area (Å²) in [6.45, 7) is 2.99. The van der Waals surface area contributed by atoms with Crippen LogP contribution in [0.3, 0.4) is 0 Å². The van der Waals surface area contributed by atoms with Crippen LogP contribution in [0, 0.1) is 23.0 Å². The van der Waals surface area contributed by atoms with Crippen molar-refractivity contribution < 1.29 is 13.6 Å². The molecule has 7 heteroatoms. The Kier molecular flexibility index (Phi) is 5.99. The second-order valence-corrected chi connectivity index (χ2v) is 6.42. The van der Waals surface area contributed by atoms with Crippen LogP contribution in [0.15, 0.2) is 42.5 Å². The van der Waals surface area contributed by atoms with Crippen LogP contribution < -0.4 is 10.2 Å². The summed E-state index contributed by atoms with van der Waals surface area (Å²) in [4.78, 5) is 16.4. The molecule has 1 fully saturated rings. The van der Waals surface area contributed by atoms with Gasteiger partial charge in [-0.3, -0.25) is 9.69 Å². The molecule has 1 aliphatic rings. The van der Waals surface area contributed by atoms with Crippen LogP contribution in [0.1, 0.15) is 12.0 Å². The fourth-order valence-electron chi connectivity index (χ4n) is 3.20. The Morgan fingerprint density at radius 1 is 1.11 bits per heavy atom. The van der Waals surface area contributed by atoms with Crippen molar-refractivity contribution in [2.75, 3.05) is 42.9 Å². The summed E-state index contributed by atoms with van der Waals surface area (Å²) in [6, 6.07) is 12.7. The lowest BCUT2D eigenvalue weighted by Crippen LogP contribution is -2.36. The van der Waals surface area contributed by atoms with Gasteiger partial charge in [-0.1, -0.05) is 12.1 Å². The summed E-state index contributed by atoms with van der Waals surface area (Å²) >= 11 is 0. The van der Waals surface area contributed by atoms with E-state index in [1.807, 2.05) is 23.1 Å². The van der Waals surface area contributed by atoms with E-state index in [0.29, 0.717) is 18.7 Å². The average molecular weight is 370 g/mol. The Balaban J connectivity index is 1.58. The van der Waals surface area contributed by atoms with Crippen molar-refractivity contribution >= 4 is 17.3 Å². The van der Waals surface area contributed by atoms with E-state index < -0.39 is 11.6 Å². The summed E-state index contributed by atoms with van der Waals surface area (Å²) in [5.41, 5.74) is 1.51. The number of amides is 1. The third-order valence-corrected chi connectivity index (χ3v) is 4.53. The number of carbonyl (C=O) groups is 1. The second kappa shape index (κ2) is 8.60. The van der Waals surface area contributed by atoms with Gasteiger partial charge in [-0.25, -0.2) is 8.78 Å². The van der Waals surface area contributed by atoms with Crippen LogP contribution in [0.25, 0.3) is 0 Å². The molecule has 3 rings (SSSR count). The highest BCUT2D eigenvalue weighted by molar-refractivity contribution is 5.92.